The Kier molecular flexibility index (Phi) is 5.70. The molecule has 1 aromatic carbocycles. The summed E-state index contributed by atoms with van der Waals surface area (Å²) in [6.07, 6.45) is 1.77. The Labute approximate surface area is 140 Å². The maximum absolute atomic E-state index is 12.7. The number of halogens is 2. The largest absolute Gasteiger partial charge is 0.352 e. The van der Waals surface area contributed by atoms with Gasteiger partial charge in [-0.1, -0.05) is 29.3 Å². The standard InChI is InChI=1S/C16H20Cl2N2O2/c1-10(15-13(17)6-3-7-14(15)18)16(22)20-8-4-5-12(9-20)19-11(2)21/h3,6-7,10,12H,4-5,8-9H2,1-2H3,(H,19,21). The van der Waals surface area contributed by atoms with Gasteiger partial charge in [-0.15, -0.1) is 0 Å². The molecule has 0 saturated carbocycles. The molecule has 1 aliphatic heterocycles. The lowest BCUT2D eigenvalue weighted by Gasteiger charge is -2.34. The Bertz CT molecular complexity index is 557. The Morgan fingerprint density at radius 3 is 2.55 bits per heavy atom. The molecule has 2 rings (SSSR count). The second-order valence-electron chi connectivity index (χ2n) is 5.68. The molecule has 0 aromatic heterocycles. The van der Waals surface area contributed by atoms with E-state index in [4.69, 9.17) is 23.2 Å². The van der Waals surface area contributed by atoms with E-state index in [1.807, 2.05) is 6.92 Å². The SMILES string of the molecule is CC(=O)NC1CCCN(C(=O)C(C)c2c(Cl)cccc2Cl)C1. The normalized spacial score (nSPS) is 19.6. The van der Waals surface area contributed by atoms with Crippen LogP contribution in [0, 0.1) is 0 Å². The minimum atomic E-state index is -0.405. The zero-order valence-electron chi connectivity index (χ0n) is 12.7. The number of hydrogen-bond acceptors (Lipinski definition) is 2. The predicted octanol–water partition coefficient (Wildman–Crippen LogP) is 3.22. The van der Waals surface area contributed by atoms with Crippen LogP contribution < -0.4 is 5.32 Å². The summed E-state index contributed by atoms with van der Waals surface area (Å²) in [5, 5.41) is 3.89. The van der Waals surface area contributed by atoms with E-state index in [1.165, 1.54) is 6.92 Å². The highest BCUT2D eigenvalue weighted by molar-refractivity contribution is 6.36. The molecular weight excluding hydrogens is 323 g/mol. The average Bonchev–Trinajstić information content (AvgIpc) is 2.45. The second-order valence-corrected chi connectivity index (χ2v) is 6.50. The van der Waals surface area contributed by atoms with Crippen molar-refractivity contribution in [2.45, 2.75) is 38.6 Å². The van der Waals surface area contributed by atoms with Gasteiger partial charge < -0.3 is 10.2 Å². The predicted molar refractivity (Wildman–Crippen MR) is 88.3 cm³/mol. The third-order valence-electron chi connectivity index (χ3n) is 3.94. The molecule has 1 saturated heterocycles. The molecule has 0 radical (unpaired) electrons. The number of likely N-dealkylation sites (tertiary alicyclic amines) is 1. The summed E-state index contributed by atoms with van der Waals surface area (Å²) in [6.45, 7) is 4.54. The number of rotatable bonds is 3. The highest BCUT2D eigenvalue weighted by Gasteiger charge is 2.29. The monoisotopic (exact) mass is 342 g/mol. The van der Waals surface area contributed by atoms with Crippen LogP contribution in [0.15, 0.2) is 18.2 Å². The molecule has 1 N–H and O–H groups in total. The molecule has 4 nitrogen and oxygen atoms in total. The molecule has 22 heavy (non-hydrogen) atoms. The molecule has 1 aliphatic rings. The van der Waals surface area contributed by atoms with Crippen molar-refractivity contribution in [3.63, 3.8) is 0 Å². The van der Waals surface area contributed by atoms with Gasteiger partial charge in [0, 0.05) is 41.7 Å². The van der Waals surface area contributed by atoms with Gasteiger partial charge >= 0.3 is 0 Å². The number of nitrogens with zero attached hydrogens (tertiary/aromatic N) is 1. The fourth-order valence-electron chi connectivity index (χ4n) is 2.90. The summed E-state index contributed by atoms with van der Waals surface area (Å²) in [7, 11) is 0. The minimum Gasteiger partial charge on any atom is -0.352 e. The van der Waals surface area contributed by atoms with E-state index in [0.717, 1.165) is 12.8 Å². The van der Waals surface area contributed by atoms with E-state index in [9.17, 15) is 9.59 Å². The Balaban J connectivity index is 2.11. The summed E-state index contributed by atoms with van der Waals surface area (Å²) in [6, 6.07) is 5.26. The number of benzene rings is 1. The molecule has 0 bridgehead atoms. The van der Waals surface area contributed by atoms with Crippen molar-refractivity contribution in [3.8, 4) is 0 Å². The van der Waals surface area contributed by atoms with E-state index in [0.29, 0.717) is 28.7 Å². The van der Waals surface area contributed by atoms with Crippen molar-refractivity contribution in [2.75, 3.05) is 13.1 Å². The zero-order valence-corrected chi connectivity index (χ0v) is 14.2. The van der Waals surface area contributed by atoms with E-state index >= 15 is 0 Å². The first-order valence-corrected chi connectivity index (χ1v) is 8.15. The first kappa shape index (κ1) is 17.1. The Morgan fingerprint density at radius 1 is 1.32 bits per heavy atom. The zero-order chi connectivity index (χ0) is 16.3. The van der Waals surface area contributed by atoms with Crippen molar-refractivity contribution in [3.05, 3.63) is 33.8 Å². The molecule has 2 atom stereocenters. The molecule has 1 fully saturated rings. The first-order chi connectivity index (χ1) is 10.4. The number of carbonyl (C=O) groups is 2. The van der Waals surface area contributed by atoms with Crippen LogP contribution in [0.2, 0.25) is 10.0 Å². The topological polar surface area (TPSA) is 49.4 Å². The van der Waals surface area contributed by atoms with Crippen molar-refractivity contribution in [1.82, 2.24) is 10.2 Å². The number of carbonyl (C=O) groups excluding carboxylic acids is 2. The summed E-state index contributed by atoms with van der Waals surface area (Å²) < 4.78 is 0. The van der Waals surface area contributed by atoms with Gasteiger partial charge in [0.15, 0.2) is 0 Å². The van der Waals surface area contributed by atoms with Crippen LogP contribution in [-0.2, 0) is 9.59 Å². The Morgan fingerprint density at radius 2 is 1.95 bits per heavy atom. The van der Waals surface area contributed by atoms with Gasteiger partial charge in [-0.05, 0) is 31.9 Å². The number of amides is 2. The highest BCUT2D eigenvalue weighted by Crippen LogP contribution is 2.33. The molecule has 120 valence electrons. The fraction of sp³-hybridized carbons (Fsp3) is 0.500. The summed E-state index contributed by atoms with van der Waals surface area (Å²) in [5.41, 5.74) is 0.664. The third-order valence-corrected chi connectivity index (χ3v) is 4.60. The maximum Gasteiger partial charge on any atom is 0.230 e. The molecule has 0 aliphatic carbocycles. The molecule has 2 unspecified atom stereocenters. The smallest absolute Gasteiger partial charge is 0.230 e. The molecule has 1 heterocycles. The van der Waals surface area contributed by atoms with Crippen LogP contribution in [0.3, 0.4) is 0 Å². The van der Waals surface area contributed by atoms with Crippen molar-refractivity contribution >= 4 is 35.0 Å². The Hall–Kier alpha value is -1.26. The second kappa shape index (κ2) is 7.34. The van der Waals surface area contributed by atoms with Gasteiger partial charge in [0.1, 0.15) is 0 Å². The molecule has 1 aromatic rings. The van der Waals surface area contributed by atoms with E-state index in [1.54, 1.807) is 23.1 Å². The fourth-order valence-corrected chi connectivity index (χ4v) is 3.63. The lowest BCUT2D eigenvalue weighted by atomic mass is 9.97. The van der Waals surface area contributed by atoms with Crippen LogP contribution >= 0.6 is 23.2 Å². The van der Waals surface area contributed by atoms with Crippen molar-refractivity contribution in [2.24, 2.45) is 0 Å². The summed E-state index contributed by atoms with van der Waals surface area (Å²) >= 11 is 12.4. The van der Waals surface area contributed by atoms with E-state index in [2.05, 4.69) is 5.32 Å². The van der Waals surface area contributed by atoms with Crippen molar-refractivity contribution < 1.29 is 9.59 Å². The first-order valence-electron chi connectivity index (χ1n) is 7.40. The van der Waals surface area contributed by atoms with Gasteiger partial charge in [-0.25, -0.2) is 0 Å². The quantitative estimate of drug-likeness (QED) is 0.916. The van der Waals surface area contributed by atoms with Gasteiger partial charge in [0.05, 0.1) is 5.92 Å². The molecular formula is C16H20Cl2N2O2. The number of nitrogens with one attached hydrogen (secondary N) is 1. The molecule has 6 heteroatoms. The van der Waals surface area contributed by atoms with E-state index < -0.39 is 5.92 Å². The summed E-state index contributed by atoms with van der Waals surface area (Å²) in [4.78, 5) is 25.7. The third kappa shape index (κ3) is 3.93. The molecule has 2 amide bonds. The van der Waals surface area contributed by atoms with Crippen LogP contribution in [0.25, 0.3) is 0 Å². The number of hydrogen-bond donors (Lipinski definition) is 1. The number of piperidine rings is 1. The lowest BCUT2D eigenvalue weighted by Crippen LogP contribution is -2.50. The van der Waals surface area contributed by atoms with Crippen LogP contribution in [0.5, 0.6) is 0 Å². The van der Waals surface area contributed by atoms with Crippen LogP contribution in [-0.4, -0.2) is 35.8 Å². The van der Waals surface area contributed by atoms with Crippen molar-refractivity contribution in [1.29, 1.82) is 0 Å². The minimum absolute atomic E-state index is 0.00921. The van der Waals surface area contributed by atoms with Gasteiger partial charge in [0.2, 0.25) is 11.8 Å². The van der Waals surface area contributed by atoms with Crippen LogP contribution in [0.1, 0.15) is 38.2 Å². The average molecular weight is 343 g/mol. The van der Waals surface area contributed by atoms with Gasteiger partial charge in [0.25, 0.3) is 0 Å². The molecule has 0 spiro atoms. The summed E-state index contributed by atoms with van der Waals surface area (Å²) in [5.74, 6) is -0.483. The lowest BCUT2D eigenvalue weighted by molar-refractivity contribution is -0.134. The van der Waals surface area contributed by atoms with Crippen LogP contribution in [0.4, 0.5) is 0 Å². The maximum atomic E-state index is 12.7. The van der Waals surface area contributed by atoms with E-state index in [-0.39, 0.29) is 17.9 Å². The highest BCUT2D eigenvalue weighted by atomic mass is 35.5. The van der Waals surface area contributed by atoms with Gasteiger partial charge in [-0.3, -0.25) is 9.59 Å². The van der Waals surface area contributed by atoms with Gasteiger partial charge in [-0.2, -0.15) is 0 Å².